The molecule has 1 aromatic heterocycles. The van der Waals surface area contributed by atoms with Gasteiger partial charge in [-0.2, -0.15) is 5.10 Å². The van der Waals surface area contributed by atoms with Crippen molar-refractivity contribution in [2.75, 3.05) is 18.4 Å². The van der Waals surface area contributed by atoms with Gasteiger partial charge in [0.1, 0.15) is 11.9 Å². The van der Waals surface area contributed by atoms with Gasteiger partial charge in [0.15, 0.2) is 0 Å². The minimum absolute atomic E-state index is 0.118. The molecule has 1 aromatic rings. The number of hydrogen-bond donors (Lipinski definition) is 2. The summed E-state index contributed by atoms with van der Waals surface area (Å²) in [6.07, 6.45) is 7.73. The zero-order valence-electron chi connectivity index (χ0n) is 12.6. The largest absolute Gasteiger partial charge is 0.480 e. The van der Waals surface area contributed by atoms with Crippen molar-refractivity contribution in [1.29, 1.82) is 0 Å². The van der Waals surface area contributed by atoms with Gasteiger partial charge in [0.25, 0.3) is 0 Å². The van der Waals surface area contributed by atoms with Crippen molar-refractivity contribution in [1.82, 2.24) is 14.7 Å². The predicted molar refractivity (Wildman–Crippen MR) is 80.6 cm³/mol. The van der Waals surface area contributed by atoms with Gasteiger partial charge < -0.3 is 10.4 Å². The maximum atomic E-state index is 12.2. The second kappa shape index (κ2) is 6.48. The summed E-state index contributed by atoms with van der Waals surface area (Å²) in [6.45, 7) is 0.777. The normalized spacial score (nSPS) is 23.0. The highest BCUT2D eigenvalue weighted by atomic mass is 16.4. The lowest BCUT2D eigenvalue weighted by Gasteiger charge is -2.21. The first-order chi connectivity index (χ1) is 10.6. The highest BCUT2D eigenvalue weighted by Crippen LogP contribution is 2.31. The number of rotatable bonds is 5. The van der Waals surface area contributed by atoms with E-state index in [1.807, 2.05) is 4.68 Å². The van der Waals surface area contributed by atoms with Crippen molar-refractivity contribution in [2.24, 2.45) is 0 Å². The molecule has 0 unspecified atom stereocenters. The third kappa shape index (κ3) is 3.14. The summed E-state index contributed by atoms with van der Waals surface area (Å²) in [5.74, 6) is -0.308. The first kappa shape index (κ1) is 15.0. The van der Waals surface area contributed by atoms with Crippen LogP contribution in [0.3, 0.4) is 0 Å². The number of carbonyl (C=O) groups excluding carboxylic acids is 1. The van der Waals surface area contributed by atoms with Crippen molar-refractivity contribution < 1.29 is 14.7 Å². The van der Waals surface area contributed by atoms with Gasteiger partial charge in [0.2, 0.25) is 5.91 Å². The number of carbonyl (C=O) groups is 2. The number of hydrogen-bond acceptors (Lipinski definition) is 4. The van der Waals surface area contributed by atoms with Gasteiger partial charge in [-0.15, -0.1) is 0 Å². The quantitative estimate of drug-likeness (QED) is 0.860. The standard InChI is InChI=1S/C15H22N4O3/c20-14(10-18-9-3-6-12(18)15(21)22)17-13-7-8-16-19(13)11-4-1-2-5-11/h7-8,11-12H,1-6,9-10H2,(H,17,20)(H,21,22)/t12-/m0/s1. The molecule has 2 fully saturated rings. The molecule has 120 valence electrons. The van der Waals surface area contributed by atoms with Crippen LogP contribution in [0, 0.1) is 0 Å². The van der Waals surface area contributed by atoms with Crippen LogP contribution in [0.25, 0.3) is 0 Å². The zero-order valence-corrected chi connectivity index (χ0v) is 12.6. The molecule has 3 rings (SSSR count). The zero-order chi connectivity index (χ0) is 15.5. The summed E-state index contributed by atoms with van der Waals surface area (Å²) >= 11 is 0. The molecule has 2 N–H and O–H groups in total. The molecule has 2 heterocycles. The van der Waals surface area contributed by atoms with Crippen LogP contribution in [0.15, 0.2) is 12.3 Å². The first-order valence-corrected chi connectivity index (χ1v) is 7.95. The van der Waals surface area contributed by atoms with E-state index in [0.717, 1.165) is 19.3 Å². The van der Waals surface area contributed by atoms with Crippen LogP contribution in [-0.4, -0.2) is 50.8 Å². The van der Waals surface area contributed by atoms with Crippen molar-refractivity contribution in [3.05, 3.63) is 12.3 Å². The molecule has 22 heavy (non-hydrogen) atoms. The third-order valence-electron chi connectivity index (χ3n) is 4.60. The third-order valence-corrected chi connectivity index (χ3v) is 4.60. The fourth-order valence-corrected chi connectivity index (χ4v) is 3.51. The van der Waals surface area contributed by atoms with Crippen LogP contribution in [0.5, 0.6) is 0 Å². The Labute approximate surface area is 129 Å². The number of aromatic nitrogens is 2. The summed E-state index contributed by atoms with van der Waals surface area (Å²) in [6, 6.07) is 1.63. The fourth-order valence-electron chi connectivity index (χ4n) is 3.51. The van der Waals surface area contributed by atoms with Gasteiger partial charge >= 0.3 is 5.97 Å². The van der Waals surface area contributed by atoms with Gasteiger partial charge in [-0.1, -0.05) is 12.8 Å². The maximum absolute atomic E-state index is 12.2. The van der Waals surface area contributed by atoms with Crippen molar-refractivity contribution in [3.8, 4) is 0 Å². The van der Waals surface area contributed by atoms with Crippen molar-refractivity contribution in [3.63, 3.8) is 0 Å². The predicted octanol–water partition coefficient (Wildman–Crippen LogP) is 1.49. The molecule has 7 nitrogen and oxygen atoms in total. The minimum Gasteiger partial charge on any atom is -0.480 e. The second-order valence-corrected chi connectivity index (χ2v) is 6.11. The van der Waals surface area contributed by atoms with Gasteiger partial charge in [-0.3, -0.25) is 14.5 Å². The number of aliphatic carboxylic acids is 1. The van der Waals surface area contributed by atoms with Crippen LogP contribution in [0.1, 0.15) is 44.6 Å². The number of nitrogens with zero attached hydrogens (tertiary/aromatic N) is 3. The highest BCUT2D eigenvalue weighted by molar-refractivity contribution is 5.92. The Morgan fingerprint density at radius 2 is 2.05 bits per heavy atom. The van der Waals surface area contributed by atoms with E-state index < -0.39 is 12.0 Å². The number of carboxylic acids is 1. The lowest BCUT2D eigenvalue weighted by Crippen LogP contribution is -2.41. The monoisotopic (exact) mass is 306 g/mol. The maximum Gasteiger partial charge on any atom is 0.320 e. The second-order valence-electron chi connectivity index (χ2n) is 6.11. The highest BCUT2D eigenvalue weighted by Gasteiger charge is 2.31. The summed E-state index contributed by atoms with van der Waals surface area (Å²) in [5, 5.41) is 16.4. The minimum atomic E-state index is -0.846. The molecular formula is C15H22N4O3. The van der Waals surface area contributed by atoms with E-state index in [4.69, 9.17) is 5.11 Å². The molecule has 1 amide bonds. The molecule has 7 heteroatoms. The van der Waals surface area contributed by atoms with Crippen LogP contribution in [0.2, 0.25) is 0 Å². The number of nitrogens with one attached hydrogen (secondary N) is 1. The summed E-state index contributed by atoms with van der Waals surface area (Å²) in [7, 11) is 0. The summed E-state index contributed by atoms with van der Waals surface area (Å²) < 4.78 is 1.89. The molecule has 1 aliphatic heterocycles. The van der Waals surface area contributed by atoms with E-state index in [1.165, 1.54) is 12.8 Å². The van der Waals surface area contributed by atoms with Crippen LogP contribution in [-0.2, 0) is 9.59 Å². The molecule has 1 saturated carbocycles. The van der Waals surface area contributed by atoms with E-state index in [1.54, 1.807) is 17.2 Å². The van der Waals surface area contributed by atoms with Crippen molar-refractivity contribution in [2.45, 2.75) is 50.6 Å². The molecule has 1 aliphatic carbocycles. The Bertz CT molecular complexity index is 551. The molecule has 0 radical (unpaired) electrons. The molecule has 0 aromatic carbocycles. The average molecular weight is 306 g/mol. The smallest absolute Gasteiger partial charge is 0.320 e. The van der Waals surface area contributed by atoms with E-state index in [9.17, 15) is 9.59 Å². The van der Waals surface area contributed by atoms with E-state index >= 15 is 0 Å². The fraction of sp³-hybridized carbons (Fsp3) is 0.667. The van der Waals surface area contributed by atoms with Crippen LogP contribution in [0.4, 0.5) is 5.82 Å². The van der Waals surface area contributed by atoms with E-state index in [-0.39, 0.29) is 12.5 Å². The lowest BCUT2D eigenvalue weighted by atomic mass is 10.2. The van der Waals surface area contributed by atoms with E-state index in [0.29, 0.717) is 24.8 Å². The van der Waals surface area contributed by atoms with E-state index in [2.05, 4.69) is 10.4 Å². The molecular weight excluding hydrogens is 284 g/mol. The number of likely N-dealkylation sites (tertiary alicyclic amines) is 1. The lowest BCUT2D eigenvalue weighted by molar-refractivity contribution is -0.142. The topological polar surface area (TPSA) is 87.5 Å². The molecule has 1 saturated heterocycles. The van der Waals surface area contributed by atoms with Gasteiger partial charge in [-0.25, -0.2) is 4.68 Å². The molecule has 2 aliphatic rings. The van der Waals surface area contributed by atoms with Crippen LogP contribution < -0.4 is 5.32 Å². The SMILES string of the molecule is O=C(CN1CCC[C@H]1C(=O)O)Nc1ccnn1C1CCCC1. The number of anilines is 1. The first-order valence-electron chi connectivity index (χ1n) is 7.95. The van der Waals surface area contributed by atoms with Crippen LogP contribution >= 0.6 is 0 Å². The Morgan fingerprint density at radius 3 is 2.77 bits per heavy atom. The molecule has 1 atom stereocenters. The molecule has 0 spiro atoms. The Morgan fingerprint density at radius 1 is 1.27 bits per heavy atom. The number of carboxylic acid groups (broad SMARTS) is 1. The van der Waals surface area contributed by atoms with Crippen molar-refractivity contribution >= 4 is 17.7 Å². The Kier molecular flexibility index (Phi) is 4.42. The summed E-state index contributed by atoms with van der Waals surface area (Å²) in [5.41, 5.74) is 0. The van der Waals surface area contributed by atoms with Gasteiger partial charge in [-0.05, 0) is 32.2 Å². The number of amides is 1. The molecule has 0 bridgehead atoms. The summed E-state index contributed by atoms with van der Waals surface area (Å²) in [4.78, 5) is 25.1. The average Bonchev–Trinajstić information content (AvgIpc) is 3.18. The van der Waals surface area contributed by atoms with Gasteiger partial charge in [0.05, 0.1) is 18.8 Å². The Hall–Kier alpha value is -1.89. The van der Waals surface area contributed by atoms with Gasteiger partial charge in [0, 0.05) is 6.07 Å². The Balaban J connectivity index is 1.60.